The highest BCUT2D eigenvalue weighted by Crippen LogP contribution is 2.23. The third-order valence-corrected chi connectivity index (χ3v) is 4.50. The van der Waals surface area contributed by atoms with Gasteiger partial charge in [-0.25, -0.2) is 9.37 Å². The molecule has 0 fully saturated rings. The summed E-state index contributed by atoms with van der Waals surface area (Å²) in [6, 6.07) is 10.8. The van der Waals surface area contributed by atoms with Gasteiger partial charge >= 0.3 is 0 Å². The fraction of sp³-hybridized carbons (Fsp3) is 0.286. The Kier molecular flexibility index (Phi) is 5.08. The minimum absolute atomic E-state index is 0.0443. The first kappa shape index (κ1) is 18.8. The second kappa shape index (κ2) is 7.31. The lowest BCUT2D eigenvalue weighted by atomic mass is 10.1. The number of benzene rings is 1. The monoisotopic (exact) mass is 367 g/mol. The number of carbonyl (C=O) groups excluding carboxylic acids is 1. The van der Waals surface area contributed by atoms with Crippen LogP contribution >= 0.6 is 0 Å². The van der Waals surface area contributed by atoms with E-state index in [-0.39, 0.29) is 28.6 Å². The van der Waals surface area contributed by atoms with E-state index in [9.17, 15) is 14.0 Å². The molecule has 0 aliphatic heterocycles. The van der Waals surface area contributed by atoms with Crippen molar-refractivity contribution >= 4 is 22.6 Å². The van der Waals surface area contributed by atoms with E-state index in [0.29, 0.717) is 12.2 Å². The van der Waals surface area contributed by atoms with Crippen LogP contribution in [0, 0.1) is 5.82 Å². The number of ketones is 1. The molecular formula is C21H22FN3O2. The maximum Gasteiger partial charge on any atom is 0.201 e. The second-order valence-electron chi connectivity index (χ2n) is 6.94. The summed E-state index contributed by atoms with van der Waals surface area (Å²) < 4.78 is 16.5. The average molecular weight is 367 g/mol. The molecular weight excluding hydrogens is 345 g/mol. The van der Waals surface area contributed by atoms with Gasteiger partial charge in [0.2, 0.25) is 5.43 Å². The fourth-order valence-electron chi connectivity index (χ4n) is 3.08. The quantitative estimate of drug-likeness (QED) is 0.641. The Balaban J connectivity index is 2.18. The van der Waals surface area contributed by atoms with Crippen LogP contribution in [0.15, 0.2) is 47.4 Å². The van der Waals surface area contributed by atoms with E-state index in [1.165, 1.54) is 19.2 Å². The van der Waals surface area contributed by atoms with Crippen LogP contribution < -0.4 is 10.3 Å². The Labute approximate surface area is 157 Å². The van der Waals surface area contributed by atoms with Crippen molar-refractivity contribution in [2.45, 2.75) is 33.4 Å². The summed E-state index contributed by atoms with van der Waals surface area (Å²) in [7, 11) is 1.76. The van der Waals surface area contributed by atoms with E-state index in [1.54, 1.807) is 16.5 Å². The molecule has 27 heavy (non-hydrogen) atoms. The first-order chi connectivity index (χ1) is 12.8. The number of hydrogen-bond acceptors (Lipinski definition) is 4. The standard InChI is InChI=1S/C21H22FN3O2/c1-13(2)25-12-17(14(3)26)19(27)16-10-18(22)21(23-20(16)25)24(4)11-15-8-6-5-7-9-15/h5-10,12-13H,11H2,1-4H3. The van der Waals surface area contributed by atoms with Gasteiger partial charge in [-0.05, 0) is 32.4 Å². The lowest BCUT2D eigenvalue weighted by Crippen LogP contribution is -2.23. The number of pyridine rings is 2. The summed E-state index contributed by atoms with van der Waals surface area (Å²) >= 11 is 0. The minimum Gasteiger partial charge on any atom is -0.353 e. The fourth-order valence-corrected chi connectivity index (χ4v) is 3.08. The van der Waals surface area contributed by atoms with Crippen molar-refractivity contribution in [2.24, 2.45) is 0 Å². The van der Waals surface area contributed by atoms with Gasteiger partial charge in [0.05, 0.1) is 10.9 Å². The molecule has 3 aromatic rings. The molecule has 0 N–H and O–H groups in total. The maximum atomic E-state index is 14.8. The summed E-state index contributed by atoms with van der Waals surface area (Å²) in [5.41, 5.74) is 0.951. The molecule has 0 saturated heterocycles. The number of halogens is 1. The molecule has 0 aliphatic carbocycles. The van der Waals surface area contributed by atoms with Crippen molar-refractivity contribution in [3.05, 3.63) is 69.8 Å². The zero-order valence-corrected chi connectivity index (χ0v) is 15.9. The Morgan fingerprint density at radius 3 is 2.52 bits per heavy atom. The normalized spacial score (nSPS) is 11.2. The molecule has 0 amide bonds. The number of anilines is 1. The zero-order chi connectivity index (χ0) is 19.7. The zero-order valence-electron chi connectivity index (χ0n) is 15.9. The molecule has 1 aromatic carbocycles. The van der Waals surface area contributed by atoms with E-state index >= 15 is 0 Å². The second-order valence-corrected chi connectivity index (χ2v) is 6.94. The number of nitrogens with zero attached hydrogens (tertiary/aromatic N) is 3. The van der Waals surface area contributed by atoms with Crippen LogP contribution in [-0.2, 0) is 6.54 Å². The van der Waals surface area contributed by atoms with Gasteiger partial charge in [-0.2, -0.15) is 0 Å². The van der Waals surface area contributed by atoms with Crippen molar-refractivity contribution in [1.82, 2.24) is 9.55 Å². The molecule has 6 heteroatoms. The summed E-state index contributed by atoms with van der Waals surface area (Å²) in [6.45, 7) is 5.66. The molecule has 2 aromatic heterocycles. The van der Waals surface area contributed by atoms with E-state index < -0.39 is 11.2 Å². The van der Waals surface area contributed by atoms with Crippen LogP contribution in [0.2, 0.25) is 0 Å². The van der Waals surface area contributed by atoms with Crippen molar-refractivity contribution in [3.8, 4) is 0 Å². The number of aromatic nitrogens is 2. The summed E-state index contributed by atoms with van der Waals surface area (Å²) in [6.07, 6.45) is 1.52. The van der Waals surface area contributed by atoms with E-state index in [2.05, 4.69) is 4.98 Å². The summed E-state index contributed by atoms with van der Waals surface area (Å²) in [5, 5.41) is 0.116. The molecule has 0 saturated carbocycles. The molecule has 0 atom stereocenters. The molecule has 0 unspecified atom stereocenters. The molecule has 0 aliphatic rings. The minimum atomic E-state index is -0.589. The van der Waals surface area contributed by atoms with Crippen molar-refractivity contribution in [2.75, 3.05) is 11.9 Å². The van der Waals surface area contributed by atoms with Crippen LogP contribution in [0.5, 0.6) is 0 Å². The van der Waals surface area contributed by atoms with Gasteiger partial charge in [0.25, 0.3) is 0 Å². The molecule has 5 nitrogen and oxygen atoms in total. The number of carbonyl (C=O) groups is 1. The Bertz CT molecular complexity index is 1060. The van der Waals surface area contributed by atoms with Gasteiger partial charge < -0.3 is 9.47 Å². The molecule has 2 heterocycles. The first-order valence-corrected chi connectivity index (χ1v) is 8.81. The predicted molar refractivity (Wildman–Crippen MR) is 105 cm³/mol. The lowest BCUT2D eigenvalue weighted by molar-refractivity contribution is 0.101. The van der Waals surface area contributed by atoms with Gasteiger partial charge in [-0.1, -0.05) is 30.3 Å². The Morgan fingerprint density at radius 1 is 1.26 bits per heavy atom. The van der Waals surface area contributed by atoms with E-state index in [0.717, 1.165) is 5.56 Å². The molecule has 0 bridgehead atoms. The molecule has 0 spiro atoms. The number of rotatable bonds is 5. The van der Waals surface area contributed by atoms with Gasteiger partial charge in [-0.15, -0.1) is 0 Å². The van der Waals surface area contributed by atoms with Crippen LogP contribution in [0.4, 0.5) is 10.2 Å². The van der Waals surface area contributed by atoms with Gasteiger partial charge in [-0.3, -0.25) is 9.59 Å². The highest BCUT2D eigenvalue weighted by molar-refractivity contribution is 5.96. The number of Topliss-reactive ketones (excluding diaryl/α,β-unsaturated/α-hetero) is 1. The van der Waals surface area contributed by atoms with Crippen LogP contribution in [0.3, 0.4) is 0 Å². The smallest absolute Gasteiger partial charge is 0.201 e. The van der Waals surface area contributed by atoms with Gasteiger partial charge in [0.15, 0.2) is 17.4 Å². The highest BCUT2D eigenvalue weighted by atomic mass is 19.1. The van der Waals surface area contributed by atoms with Crippen LogP contribution in [0.1, 0.15) is 42.7 Å². The topological polar surface area (TPSA) is 55.2 Å². The SMILES string of the molecule is CC(=O)c1cn(C(C)C)c2nc(N(C)Cc3ccccc3)c(F)cc2c1=O. The third kappa shape index (κ3) is 3.60. The van der Waals surface area contributed by atoms with Crippen molar-refractivity contribution < 1.29 is 9.18 Å². The predicted octanol–water partition coefficient (Wildman–Crippen LogP) is 3.96. The van der Waals surface area contributed by atoms with Gasteiger partial charge in [0.1, 0.15) is 5.65 Å². The third-order valence-electron chi connectivity index (χ3n) is 4.50. The largest absolute Gasteiger partial charge is 0.353 e. The van der Waals surface area contributed by atoms with Crippen molar-refractivity contribution in [1.29, 1.82) is 0 Å². The van der Waals surface area contributed by atoms with E-state index in [4.69, 9.17) is 0 Å². The highest BCUT2D eigenvalue weighted by Gasteiger charge is 2.19. The average Bonchev–Trinajstić information content (AvgIpc) is 2.62. The molecule has 3 rings (SSSR count). The lowest BCUT2D eigenvalue weighted by Gasteiger charge is -2.21. The van der Waals surface area contributed by atoms with Crippen LogP contribution in [0.25, 0.3) is 11.0 Å². The van der Waals surface area contributed by atoms with Crippen molar-refractivity contribution in [3.63, 3.8) is 0 Å². The summed E-state index contributed by atoms with van der Waals surface area (Å²) in [5.74, 6) is -0.772. The van der Waals surface area contributed by atoms with E-state index in [1.807, 2.05) is 44.2 Å². The molecule has 0 radical (unpaired) electrons. The molecule has 140 valence electrons. The Hall–Kier alpha value is -3.02. The Morgan fingerprint density at radius 2 is 1.93 bits per heavy atom. The maximum absolute atomic E-state index is 14.8. The van der Waals surface area contributed by atoms with Gasteiger partial charge in [0, 0.05) is 25.8 Å². The van der Waals surface area contributed by atoms with Crippen LogP contribution in [-0.4, -0.2) is 22.4 Å². The number of fused-ring (bicyclic) bond motifs is 1. The number of hydrogen-bond donors (Lipinski definition) is 0. The first-order valence-electron chi connectivity index (χ1n) is 8.81. The summed E-state index contributed by atoms with van der Waals surface area (Å²) in [4.78, 5) is 30.6.